The second-order valence-electron chi connectivity index (χ2n) is 5.82. The molecule has 1 aliphatic rings. The van der Waals surface area contributed by atoms with Gasteiger partial charge in [0.1, 0.15) is 11.6 Å². The lowest BCUT2D eigenvalue weighted by molar-refractivity contribution is 0.326. The molecule has 0 radical (unpaired) electrons. The van der Waals surface area contributed by atoms with Gasteiger partial charge >= 0.3 is 0 Å². The molecule has 0 heterocycles. The van der Waals surface area contributed by atoms with Crippen LogP contribution < -0.4 is 5.32 Å². The van der Waals surface area contributed by atoms with Gasteiger partial charge in [-0.2, -0.15) is 0 Å². The summed E-state index contributed by atoms with van der Waals surface area (Å²) in [7, 11) is 0. The van der Waals surface area contributed by atoms with Gasteiger partial charge in [0, 0.05) is 23.7 Å². The Morgan fingerprint density at radius 2 is 2.00 bits per heavy atom. The van der Waals surface area contributed by atoms with Gasteiger partial charge in [-0.1, -0.05) is 32.3 Å². The Labute approximate surface area is 115 Å². The van der Waals surface area contributed by atoms with E-state index in [0.717, 1.165) is 0 Å². The van der Waals surface area contributed by atoms with E-state index >= 15 is 0 Å². The fourth-order valence-corrected chi connectivity index (χ4v) is 3.02. The quantitative estimate of drug-likeness (QED) is 0.805. The van der Waals surface area contributed by atoms with Gasteiger partial charge in [0.15, 0.2) is 0 Å². The van der Waals surface area contributed by atoms with Crippen molar-refractivity contribution in [1.29, 1.82) is 0 Å². The second kappa shape index (κ2) is 6.38. The molecule has 1 aromatic carbocycles. The van der Waals surface area contributed by atoms with Gasteiger partial charge in [0.2, 0.25) is 0 Å². The monoisotopic (exact) mass is 265 g/mol. The number of benzene rings is 1. The van der Waals surface area contributed by atoms with Crippen LogP contribution in [0, 0.1) is 11.7 Å². The fourth-order valence-electron chi connectivity index (χ4n) is 3.02. The van der Waals surface area contributed by atoms with E-state index in [9.17, 15) is 9.50 Å². The van der Waals surface area contributed by atoms with Crippen LogP contribution in [0.3, 0.4) is 0 Å². The Balaban J connectivity index is 2.04. The number of phenols is 1. The molecule has 1 fully saturated rings. The maximum absolute atomic E-state index is 13.8. The van der Waals surface area contributed by atoms with Crippen LogP contribution in [0.15, 0.2) is 18.2 Å². The summed E-state index contributed by atoms with van der Waals surface area (Å²) < 4.78 is 13.8. The first-order valence-electron chi connectivity index (χ1n) is 7.32. The molecule has 0 spiro atoms. The largest absolute Gasteiger partial charge is 0.508 e. The number of rotatable bonds is 3. The number of halogens is 1. The second-order valence-corrected chi connectivity index (χ2v) is 5.82. The van der Waals surface area contributed by atoms with Gasteiger partial charge in [-0.25, -0.2) is 4.39 Å². The third-order valence-electron chi connectivity index (χ3n) is 4.28. The minimum atomic E-state index is -0.332. The Morgan fingerprint density at radius 1 is 1.26 bits per heavy atom. The first-order valence-corrected chi connectivity index (χ1v) is 7.32. The average Bonchev–Trinajstić information content (AvgIpc) is 2.55. The lowest BCUT2D eigenvalue weighted by Gasteiger charge is -2.27. The van der Waals surface area contributed by atoms with Crippen molar-refractivity contribution >= 4 is 0 Å². The van der Waals surface area contributed by atoms with Crippen LogP contribution in [0.25, 0.3) is 0 Å². The Morgan fingerprint density at radius 3 is 2.74 bits per heavy atom. The molecule has 3 atom stereocenters. The summed E-state index contributed by atoms with van der Waals surface area (Å²) in [6, 6.07) is 4.85. The molecular weight excluding hydrogens is 241 g/mol. The normalized spacial score (nSPS) is 25.8. The zero-order valence-electron chi connectivity index (χ0n) is 11.8. The third kappa shape index (κ3) is 3.69. The molecule has 3 heteroatoms. The van der Waals surface area contributed by atoms with Gasteiger partial charge < -0.3 is 10.4 Å². The van der Waals surface area contributed by atoms with Crippen LogP contribution in [0.1, 0.15) is 57.6 Å². The summed E-state index contributed by atoms with van der Waals surface area (Å²) in [4.78, 5) is 0. The molecular formula is C16H24FNO. The maximum Gasteiger partial charge on any atom is 0.131 e. The van der Waals surface area contributed by atoms with E-state index in [1.807, 2.05) is 6.92 Å². The molecule has 3 unspecified atom stereocenters. The summed E-state index contributed by atoms with van der Waals surface area (Å²) in [6.07, 6.45) is 6.30. The van der Waals surface area contributed by atoms with E-state index < -0.39 is 0 Å². The fraction of sp³-hybridized carbons (Fsp3) is 0.625. The number of hydrogen-bond acceptors (Lipinski definition) is 2. The number of nitrogens with one attached hydrogen (secondary N) is 1. The molecule has 0 bridgehead atoms. The molecule has 2 nitrogen and oxygen atoms in total. The summed E-state index contributed by atoms with van der Waals surface area (Å²) in [6.45, 7) is 4.27. The molecule has 0 aliphatic heterocycles. The van der Waals surface area contributed by atoms with Gasteiger partial charge in [-0.15, -0.1) is 0 Å². The van der Waals surface area contributed by atoms with Gasteiger partial charge in [-0.3, -0.25) is 0 Å². The van der Waals surface area contributed by atoms with Crippen molar-refractivity contribution in [2.24, 2.45) is 5.92 Å². The highest BCUT2D eigenvalue weighted by Gasteiger charge is 2.22. The molecule has 1 saturated carbocycles. The van der Waals surface area contributed by atoms with Crippen LogP contribution in [-0.4, -0.2) is 11.1 Å². The van der Waals surface area contributed by atoms with Crippen LogP contribution in [0.2, 0.25) is 0 Å². The molecule has 1 aromatic rings. The van der Waals surface area contributed by atoms with Crippen molar-refractivity contribution in [1.82, 2.24) is 5.32 Å². The highest BCUT2D eigenvalue weighted by Crippen LogP contribution is 2.27. The minimum absolute atomic E-state index is 0.0173. The molecule has 0 amide bonds. The number of aromatic hydroxyl groups is 1. The first kappa shape index (κ1) is 14.3. The summed E-state index contributed by atoms with van der Waals surface area (Å²) in [5, 5.41) is 12.8. The Bertz CT molecular complexity index is 421. The molecule has 1 aliphatic carbocycles. The van der Waals surface area contributed by atoms with E-state index in [1.54, 1.807) is 12.1 Å². The lowest BCUT2D eigenvalue weighted by Crippen LogP contribution is -2.36. The van der Waals surface area contributed by atoms with Crippen LogP contribution >= 0.6 is 0 Å². The predicted molar refractivity (Wildman–Crippen MR) is 75.7 cm³/mol. The van der Waals surface area contributed by atoms with Crippen LogP contribution in [-0.2, 0) is 0 Å². The topological polar surface area (TPSA) is 32.3 Å². The molecule has 106 valence electrons. The zero-order chi connectivity index (χ0) is 13.8. The van der Waals surface area contributed by atoms with E-state index in [2.05, 4.69) is 12.2 Å². The van der Waals surface area contributed by atoms with Crippen molar-refractivity contribution < 1.29 is 9.50 Å². The number of phenolic OH excluding ortho intramolecular Hbond substituents is 1. The van der Waals surface area contributed by atoms with E-state index in [0.29, 0.717) is 17.5 Å². The summed E-state index contributed by atoms with van der Waals surface area (Å²) in [5.74, 6) is 0.294. The number of hydrogen-bond donors (Lipinski definition) is 2. The molecule has 19 heavy (non-hydrogen) atoms. The maximum atomic E-state index is 13.8. The smallest absolute Gasteiger partial charge is 0.131 e. The highest BCUT2D eigenvalue weighted by atomic mass is 19.1. The van der Waals surface area contributed by atoms with E-state index in [-0.39, 0.29) is 17.6 Å². The molecule has 0 aromatic heterocycles. The highest BCUT2D eigenvalue weighted by molar-refractivity contribution is 5.29. The van der Waals surface area contributed by atoms with Crippen molar-refractivity contribution in [3.8, 4) is 5.75 Å². The van der Waals surface area contributed by atoms with Crippen molar-refractivity contribution in [3.63, 3.8) is 0 Å². The van der Waals surface area contributed by atoms with Crippen molar-refractivity contribution in [2.75, 3.05) is 0 Å². The van der Waals surface area contributed by atoms with Crippen molar-refractivity contribution in [3.05, 3.63) is 29.6 Å². The minimum Gasteiger partial charge on any atom is -0.508 e. The van der Waals surface area contributed by atoms with E-state index in [1.165, 1.54) is 38.2 Å². The van der Waals surface area contributed by atoms with Crippen LogP contribution in [0.4, 0.5) is 4.39 Å². The van der Waals surface area contributed by atoms with Gasteiger partial charge in [-0.05, 0) is 31.7 Å². The molecule has 0 saturated heterocycles. The van der Waals surface area contributed by atoms with Gasteiger partial charge in [0.05, 0.1) is 0 Å². The molecule has 2 N–H and O–H groups in total. The molecule has 2 rings (SSSR count). The van der Waals surface area contributed by atoms with E-state index in [4.69, 9.17) is 0 Å². The summed E-state index contributed by atoms with van der Waals surface area (Å²) in [5.41, 5.74) is 0.634. The van der Waals surface area contributed by atoms with Gasteiger partial charge in [0.25, 0.3) is 0 Å². The summed E-state index contributed by atoms with van der Waals surface area (Å²) >= 11 is 0. The predicted octanol–water partition coefficient (Wildman–Crippen LogP) is 4.15. The average molecular weight is 265 g/mol. The van der Waals surface area contributed by atoms with Crippen molar-refractivity contribution in [2.45, 2.75) is 58.0 Å². The zero-order valence-corrected chi connectivity index (χ0v) is 11.8. The Kier molecular flexibility index (Phi) is 4.81. The SMILES string of the molecule is CC(NC1CCCCCC1C)c1ccc(O)cc1F. The lowest BCUT2D eigenvalue weighted by atomic mass is 9.95. The van der Waals surface area contributed by atoms with Crippen LogP contribution in [0.5, 0.6) is 5.75 Å². The Hall–Kier alpha value is -1.09. The first-order chi connectivity index (χ1) is 9.08. The third-order valence-corrected chi connectivity index (χ3v) is 4.28. The standard InChI is InChI=1S/C16H24FNO/c1-11-6-4-3-5-7-16(11)18-12(2)14-9-8-13(19)10-15(14)17/h8-12,16,18-19H,3-7H2,1-2H3.